The molecule has 2 rings (SSSR count). The summed E-state index contributed by atoms with van der Waals surface area (Å²) in [4.78, 5) is 13.8. The highest BCUT2D eigenvalue weighted by Gasteiger charge is 2.26. The molecule has 1 aliphatic rings. The van der Waals surface area contributed by atoms with Gasteiger partial charge >= 0.3 is 5.97 Å². The van der Waals surface area contributed by atoms with E-state index in [1.165, 1.54) is 19.2 Å². The van der Waals surface area contributed by atoms with Gasteiger partial charge in [0, 0.05) is 6.54 Å². The highest BCUT2D eigenvalue weighted by Crippen LogP contribution is 2.22. The van der Waals surface area contributed by atoms with Crippen LogP contribution in [0.5, 0.6) is 0 Å². The number of methoxy groups -OCH3 is 1. The largest absolute Gasteiger partial charge is 0.469 e. The molecule has 4 heteroatoms. The first-order valence-corrected chi connectivity index (χ1v) is 7.15. The van der Waals surface area contributed by atoms with E-state index in [9.17, 15) is 9.18 Å². The van der Waals surface area contributed by atoms with Crippen LogP contribution in [0, 0.1) is 11.7 Å². The fourth-order valence-corrected chi connectivity index (χ4v) is 2.80. The van der Waals surface area contributed by atoms with Gasteiger partial charge in [0.05, 0.1) is 13.0 Å². The second-order valence-electron chi connectivity index (χ2n) is 5.55. The Morgan fingerprint density at radius 1 is 1.35 bits per heavy atom. The van der Waals surface area contributed by atoms with E-state index in [-0.39, 0.29) is 17.7 Å². The van der Waals surface area contributed by atoms with Crippen LogP contribution >= 0.6 is 0 Å². The molecule has 1 saturated heterocycles. The van der Waals surface area contributed by atoms with E-state index in [1.807, 2.05) is 12.1 Å². The molecule has 1 fully saturated rings. The van der Waals surface area contributed by atoms with Gasteiger partial charge in [-0.3, -0.25) is 4.79 Å². The van der Waals surface area contributed by atoms with Crippen LogP contribution in [0.3, 0.4) is 0 Å². The topological polar surface area (TPSA) is 29.5 Å². The number of piperidine rings is 1. The molecule has 0 N–H and O–H groups in total. The van der Waals surface area contributed by atoms with Crippen molar-refractivity contribution in [1.29, 1.82) is 0 Å². The van der Waals surface area contributed by atoms with Crippen molar-refractivity contribution in [3.63, 3.8) is 0 Å². The van der Waals surface area contributed by atoms with Crippen molar-refractivity contribution in [3.05, 3.63) is 35.6 Å². The van der Waals surface area contributed by atoms with Gasteiger partial charge in [-0.15, -0.1) is 0 Å². The van der Waals surface area contributed by atoms with E-state index in [0.29, 0.717) is 5.92 Å². The zero-order valence-corrected chi connectivity index (χ0v) is 12.1. The number of likely N-dealkylation sites (tertiary alicyclic amines) is 1. The van der Waals surface area contributed by atoms with Gasteiger partial charge in [-0.25, -0.2) is 4.39 Å². The number of carbonyl (C=O) groups excluding carboxylic acids is 1. The van der Waals surface area contributed by atoms with Gasteiger partial charge in [-0.2, -0.15) is 0 Å². The van der Waals surface area contributed by atoms with Crippen molar-refractivity contribution in [2.24, 2.45) is 5.92 Å². The lowest BCUT2D eigenvalue weighted by molar-refractivity contribution is -0.147. The minimum atomic E-state index is -0.195. The number of benzene rings is 1. The molecule has 0 amide bonds. The number of ether oxygens (including phenoxy) is 1. The molecule has 1 aromatic rings. The fourth-order valence-electron chi connectivity index (χ4n) is 2.80. The number of nitrogens with zero attached hydrogens (tertiary/aromatic N) is 1. The Bertz CT molecular complexity index is 438. The monoisotopic (exact) mass is 279 g/mol. The van der Waals surface area contributed by atoms with Gasteiger partial charge < -0.3 is 9.64 Å². The van der Waals surface area contributed by atoms with Crippen molar-refractivity contribution in [2.45, 2.75) is 25.7 Å². The van der Waals surface area contributed by atoms with Crippen LogP contribution in [-0.4, -0.2) is 37.6 Å². The normalized spacial score (nSPS) is 18.8. The quantitative estimate of drug-likeness (QED) is 0.794. The van der Waals surface area contributed by atoms with Gasteiger partial charge in [0.15, 0.2) is 0 Å². The van der Waals surface area contributed by atoms with Crippen molar-refractivity contribution in [3.8, 4) is 0 Å². The van der Waals surface area contributed by atoms with Crippen LogP contribution < -0.4 is 0 Å². The van der Waals surface area contributed by atoms with Crippen molar-refractivity contribution in [2.75, 3.05) is 26.7 Å². The predicted octanol–water partition coefficient (Wildman–Crippen LogP) is 2.81. The molecule has 0 aromatic heterocycles. The molecule has 0 radical (unpaired) electrons. The SMILES string of the molecule is COC(=O)C1CCN(CC(C)c2ccc(F)cc2)CC1. The molecule has 1 aliphatic heterocycles. The maximum atomic E-state index is 12.9. The van der Waals surface area contributed by atoms with Crippen LogP contribution in [0.4, 0.5) is 4.39 Å². The lowest BCUT2D eigenvalue weighted by Crippen LogP contribution is -2.38. The molecule has 1 aromatic carbocycles. The maximum absolute atomic E-state index is 12.9. The summed E-state index contributed by atoms with van der Waals surface area (Å²) in [6, 6.07) is 6.72. The first-order valence-electron chi connectivity index (χ1n) is 7.15. The number of carbonyl (C=O) groups is 1. The molecule has 20 heavy (non-hydrogen) atoms. The first kappa shape index (κ1) is 15.0. The van der Waals surface area contributed by atoms with Crippen LogP contribution in [0.1, 0.15) is 31.2 Å². The Morgan fingerprint density at radius 2 is 1.95 bits per heavy atom. The third-order valence-corrected chi connectivity index (χ3v) is 4.09. The summed E-state index contributed by atoms with van der Waals surface area (Å²) in [5.41, 5.74) is 1.15. The maximum Gasteiger partial charge on any atom is 0.308 e. The molecule has 1 unspecified atom stereocenters. The average Bonchev–Trinajstić information content (AvgIpc) is 2.48. The lowest BCUT2D eigenvalue weighted by atomic mass is 9.95. The summed E-state index contributed by atoms with van der Waals surface area (Å²) in [6.07, 6.45) is 1.73. The second-order valence-corrected chi connectivity index (χ2v) is 5.55. The lowest BCUT2D eigenvalue weighted by Gasteiger charge is -2.32. The van der Waals surface area contributed by atoms with Gasteiger partial charge in [0.25, 0.3) is 0 Å². The zero-order chi connectivity index (χ0) is 14.5. The third-order valence-electron chi connectivity index (χ3n) is 4.09. The average molecular weight is 279 g/mol. The van der Waals surface area contributed by atoms with Crippen LogP contribution in [0.2, 0.25) is 0 Å². The molecule has 0 bridgehead atoms. The van der Waals surface area contributed by atoms with E-state index in [2.05, 4.69) is 11.8 Å². The molecular formula is C16H22FNO2. The van der Waals surface area contributed by atoms with Crippen LogP contribution in [-0.2, 0) is 9.53 Å². The van der Waals surface area contributed by atoms with Gasteiger partial charge in [-0.1, -0.05) is 19.1 Å². The van der Waals surface area contributed by atoms with Crippen molar-refractivity contribution in [1.82, 2.24) is 4.90 Å². The standard InChI is InChI=1S/C16H22FNO2/c1-12(13-3-5-15(17)6-4-13)11-18-9-7-14(8-10-18)16(19)20-2/h3-6,12,14H,7-11H2,1-2H3. The highest BCUT2D eigenvalue weighted by molar-refractivity contribution is 5.72. The minimum absolute atomic E-state index is 0.0531. The number of rotatable bonds is 4. The molecule has 3 nitrogen and oxygen atoms in total. The Kier molecular flexibility index (Phi) is 5.12. The summed E-state index contributed by atoms with van der Waals surface area (Å²) in [6.45, 7) is 4.94. The van der Waals surface area contributed by atoms with Gasteiger partial charge in [0.1, 0.15) is 5.82 Å². The summed E-state index contributed by atoms with van der Waals surface area (Å²) < 4.78 is 17.7. The zero-order valence-electron chi connectivity index (χ0n) is 12.1. The Hall–Kier alpha value is -1.42. The second kappa shape index (κ2) is 6.84. The molecule has 0 aliphatic carbocycles. The summed E-state index contributed by atoms with van der Waals surface area (Å²) in [7, 11) is 1.45. The van der Waals surface area contributed by atoms with Crippen molar-refractivity contribution < 1.29 is 13.9 Å². The summed E-state index contributed by atoms with van der Waals surface area (Å²) in [5.74, 6) is 0.138. The van der Waals surface area contributed by atoms with Crippen LogP contribution in [0.25, 0.3) is 0 Å². The highest BCUT2D eigenvalue weighted by atomic mass is 19.1. The van der Waals surface area contributed by atoms with Crippen LogP contribution in [0.15, 0.2) is 24.3 Å². The number of halogens is 1. The van der Waals surface area contributed by atoms with Crippen molar-refractivity contribution >= 4 is 5.97 Å². The summed E-state index contributed by atoms with van der Waals surface area (Å²) >= 11 is 0. The Labute approximate surface area is 119 Å². The van der Waals surface area contributed by atoms with E-state index < -0.39 is 0 Å². The fraction of sp³-hybridized carbons (Fsp3) is 0.562. The van der Waals surface area contributed by atoms with E-state index in [1.54, 1.807) is 0 Å². The Balaban J connectivity index is 1.83. The first-order chi connectivity index (χ1) is 9.60. The molecule has 0 saturated carbocycles. The number of hydrogen-bond donors (Lipinski definition) is 0. The summed E-state index contributed by atoms with van der Waals surface area (Å²) in [5, 5.41) is 0. The Morgan fingerprint density at radius 3 is 2.50 bits per heavy atom. The number of hydrogen-bond acceptors (Lipinski definition) is 3. The van der Waals surface area contributed by atoms with Gasteiger partial charge in [-0.05, 0) is 49.5 Å². The third kappa shape index (κ3) is 3.79. The molecule has 0 spiro atoms. The minimum Gasteiger partial charge on any atom is -0.469 e. The number of esters is 1. The van der Waals surface area contributed by atoms with E-state index >= 15 is 0 Å². The molecular weight excluding hydrogens is 257 g/mol. The smallest absolute Gasteiger partial charge is 0.308 e. The van der Waals surface area contributed by atoms with Gasteiger partial charge in [0.2, 0.25) is 0 Å². The predicted molar refractivity (Wildman–Crippen MR) is 76.0 cm³/mol. The van der Waals surface area contributed by atoms with E-state index in [0.717, 1.165) is 38.0 Å². The molecule has 1 heterocycles. The molecule has 110 valence electrons. The molecule has 1 atom stereocenters. The van der Waals surface area contributed by atoms with E-state index in [4.69, 9.17) is 4.74 Å².